The molecule has 2 aromatic heterocycles. The molecular formula is C22H30F3N3O4S. The van der Waals surface area contributed by atoms with E-state index in [-0.39, 0.29) is 23.3 Å². The van der Waals surface area contributed by atoms with Crippen molar-refractivity contribution in [3.05, 3.63) is 31.3 Å². The Labute approximate surface area is 193 Å². The first-order chi connectivity index (χ1) is 14.9. The average molecular weight is 490 g/mol. The van der Waals surface area contributed by atoms with Crippen LogP contribution in [0.2, 0.25) is 0 Å². The van der Waals surface area contributed by atoms with Gasteiger partial charge in [0.25, 0.3) is 5.56 Å². The maximum atomic E-state index is 13.2. The zero-order valence-corrected chi connectivity index (χ0v) is 20.7. The van der Waals surface area contributed by atoms with Gasteiger partial charge >= 0.3 is 17.8 Å². The van der Waals surface area contributed by atoms with E-state index in [1.165, 1.54) is 6.21 Å². The van der Waals surface area contributed by atoms with Crippen LogP contribution in [0.4, 0.5) is 13.2 Å². The van der Waals surface area contributed by atoms with E-state index in [1.807, 2.05) is 20.8 Å². The lowest BCUT2D eigenvalue weighted by molar-refractivity contribution is -0.152. The SMILES string of the molecule is Cc1c(C=NCC(=O)OC(C)(C)C)sc2c1c(=O)n(CC(C)(C)C)c(=O)n2CCC(F)(F)F. The van der Waals surface area contributed by atoms with Crippen LogP contribution in [0.1, 0.15) is 58.4 Å². The maximum absolute atomic E-state index is 13.2. The van der Waals surface area contributed by atoms with E-state index < -0.39 is 47.4 Å². The average Bonchev–Trinajstić information content (AvgIpc) is 2.92. The molecule has 0 aliphatic heterocycles. The molecule has 0 aliphatic rings. The van der Waals surface area contributed by atoms with E-state index in [4.69, 9.17) is 4.74 Å². The van der Waals surface area contributed by atoms with Crippen molar-refractivity contribution in [3.63, 3.8) is 0 Å². The van der Waals surface area contributed by atoms with Crippen LogP contribution >= 0.6 is 11.3 Å². The van der Waals surface area contributed by atoms with Crippen molar-refractivity contribution < 1.29 is 22.7 Å². The normalized spacial score (nSPS) is 13.3. The second kappa shape index (κ2) is 9.44. The number of ether oxygens (including phenoxy) is 1. The van der Waals surface area contributed by atoms with Crippen molar-refractivity contribution in [1.29, 1.82) is 0 Å². The van der Waals surface area contributed by atoms with Crippen LogP contribution in [0.5, 0.6) is 0 Å². The number of fused-ring (bicyclic) bond motifs is 1. The molecule has 0 aliphatic carbocycles. The highest BCUT2D eigenvalue weighted by Gasteiger charge is 2.29. The van der Waals surface area contributed by atoms with Crippen LogP contribution in [0.3, 0.4) is 0 Å². The van der Waals surface area contributed by atoms with Gasteiger partial charge in [-0.25, -0.2) is 4.79 Å². The Kier molecular flexibility index (Phi) is 7.67. The number of hydrogen-bond acceptors (Lipinski definition) is 6. The van der Waals surface area contributed by atoms with Gasteiger partial charge in [-0.1, -0.05) is 20.8 Å². The van der Waals surface area contributed by atoms with Crippen molar-refractivity contribution in [2.75, 3.05) is 6.54 Å². The number of carbonyl (C=O) groups excluding carboxylic acids is 1. The predicted octanol–water partition coefficient (Wildman–Crippen LogP) is 4.29. The van der Waals surface area contributed by atoms with Crippen molar-refractivity contribution in [2.24, 2.45) is 10.4 Å². The Morgan fingerprint density at radius 1 is 1.09 bits per heavy atom. The highest BCUT2D eigenvalue weighted by Crippen LogP contribution is 2.28. The van der Waals surface area contributed by atoms with Gasteiger partial charge in [0, 0.05) is 19.3 Å². The summed E-state index contributed by atoms with van der Waals surface area (Å²) in [5, 5.41) is 0.185. The van der Waals surface area contributed by atoms with Gasteiger partial charge in [-0.3, -0.25) is 23.7 Å². The highest BCUT2D eigenvalue weighted by molar-refractivity contribution is 7.20. The minimum absolute atomic E-state index is 0.0595. The summed E-state index contributed by atoms with van der Waals surface area (Å²) in [6.45, 7) is 11.5. The fraction of sp³-hybridized carbons (Fsp3) is 0.636. The van der Waals surface area contributed by atoms with E-state index >= 15 is 0 Å². The molecule has 0 saturated carbocycles. The van der Waals surface area contributed by atoms with Crippen LogP contribution in [-0.4, -0.2) is 39.6 Å². The van der Waals surface area contributed by atoms with Gasteiger partial charge in [0.15, 0.2) is 0 Å². The molecule has 0 saturated heterocycles. The quantitative estimate of drug-likeness (QED) is 0.448. The summed E-state index contributed by atoms with van der Waals surface area (Å²) in [4.78, 5) is 42.8. The van der Waals surface area contributed by atoms with Crippen molar-refractivity contribution in [2.45, 2.75) is 79.8 Å². The smallest absolute Gasteiger partial charge is 0.390 e. The monoisotopic (exact) mass is 489 g/mol. The van der Waals surface area contributed by atoms with Gasteiger partial charge in [0.1, 0.15) is 17.0 Å². The molecule has 0 amide bonds. The third kappa shape index (κ3) is 7.28. The van der Waals surface area contributed by atoms with Crippen LogP contribution in [0.15, 0.2) is 14.6 Å². The molecule has 33 heavy (non-hydrogen) atoms. The number of carbonyl (C=O) groups is 1. The Bertz CT molecular complexity index is 1180. The lowest BCUT2D eigenvalue weighted by Gasteiger charge is -2.20. The number of alkyl halides is 3. The van der Waals surface area contributed by atoms with Crippen LogP contribution < -0.4 is 11.2 Å². The number of nitrogens with zero attached hydrogens (tertiary/aromatic N) is 3. The summed E-state index contributed by atoms with van der Waals surface area (Å²) < 4.78 is 46.0. The van der Waals surface area contributed by atoms with Gasteiger partial charge in [-0.05, 0) is 38.7 Å². The fourth-order valence-electron chi connectivity index (χ4n) is 3.16. The summed E-state index contributed by atoms with van der Waals surface area (Å²) >= 11 is 1.00. The standard InChI is InChI=1S/C22H30F3N3O4S/c1-13-14(10-26-11-15(29)32-21(5,6)7)33-18-16(13)17(30)28(12-20(2,3)4)19(31)27(18)9-8-22(23,24)25/h10H,8-9,11-12H2,1-7H3. The van der Waals surface area contributed by atoms with Crippen LogP contribution in [0.25, 0.3) is 10.2 Å². The lowest BCUT2D eigenvalue weighted by Crippen LogP contribution is -2.42. The van der Waals surface area contributed by atoms with Crippen LogP contribution in [-0.2, 0) is 22.6 Å². The Morgan fingerprint density at radius 3 is 2.21 bits per heavy atom. The molecular weight excluding hydrogens is 459 g/mol. The van der Waals surface area contributed by atoms with Gasteiger partial charge in [0.05, 0.1) is 16.7 Å². The predicted molar refractivity (Wildman–Crippen MR) is 124 cm³/mol. The van der Waals surface area contributed by atoms with Crippen molar-refractivity contribution in [1.82, 2.24) is 9.13 Å². The number of aromatic nitrogens is 2. The molecule has 2 heterocycles. The maximum Gasteiger partial charge on any atom is 0.390 e. The summed E-state index contributed by atoms with van der Waals surface area (Å²) in [7, 11) is 0. The molecule has 0 atom stereocenters. The Hall–Kier alpha value is -2.43. The molecule has 0 spiro atoms. The minimum atomic E-state index is -4.46. The molecule has 0 N–H and O–H groups in total. The van der Waals surface area contributed by atoms with Gasteiger partial charge < -0.3 is 4.74 Å². The number of rotatable bonds is 6. The molecule has 11 heteroatoms. The number of aliphatic imine (C=N–C) groups is 1. The highest BCUT2D eigenvalue weighted by atomic mass is 32.1. The number of aryl methyl sites for hydroxylation is 2. The first-order valence-electron chi connectivity index (χ1n) is 10.4. The first kappa shape index (κ1) is 26.8. The Balaban J connectivity index is 2.59. The molecule has 0 fully saturated rings. The lowest BCUT2D eigenvalue weighted by atomic mass is 9.97. The molecule has 184 valence electrons. The van der Waals surface area contributed by atoms with Crippen molar-refractivity contribution >= 4 is 33.7 Å². The number of halogens is 3. The summed E-state index contributed by atoms with van der Waals surface area (Å²) in [6.07, 6.45) is -4.27. The largest absolute Gasteiger partial charge is 0.459 e. The second-order valence-corrected chi connectivity index (χ2v) is 11.1. The third-order valence-corrected chi connectivity index (χ3v) is 5.68. The summed E-state index contributed by atoms with van der Waals surface area (Å²) in [5.41, 5.74) is -1.93. The van der Waals surface area contributed by atoms with E-state index in [9.17, 15) is 27.6 Å². The Morgan fingerprint density at radius 2 is 1.70 bits per heavy atom. The van der Waals surface area contributed by atoms with E-state index in [0.717, 1.165) is 20.5 Å². The minimum Gasteiger partial charge on any atom is -0.459 e. The molecule has 0 aromatic carbocycles. The number of esters is 1. The van der Waals surface area contributed by atoms with Crippen molar-refractivity contribution in [3.8, 4) is 0 Å². The molecule has 0 radical (unpaired) electrons. The molecule has 7 nitrogen and oxygen atoms in total. The molecule has 2 rings (SSSR count). The summed E-state index contributed by atoms with van der Waals surface area (Å²) in [6, 6.07) is 0. The van der Waals surface area contributed by atoms with Crippen LogP contribution in [0, 0.1) is 12.3 Å². The van der Waals surface area contributed by atoms with Gasteiger partial charge in [0.2, 0.25) is 0 Å². The topological polar surface area (TPSA) is 82.7 Å². The molecule has 0 unspecified atom stereocenters. The number of hydrogen-bond donors (Lipinski definition) is 0. The summed E-state index contributed by atoms with van der Waals surface area (Å²) in [5.74, 6) is -0.535. The zero-order valence-electron chi connectivity index (χ0n) is 19.9. The zero-order chi connectivity index (χ0) is 25.4. The van der Waals surface area contributed by atoms with E-state index in [2.05, 4.69) is 4.99 Å². The number of thiophene rings is 1. The fourth-order valence-corrected chi connectivity index (χ4v) is 4.37. The van der Waals surface area contributed by atoms with Gasteiger partial charge in [-0.15, -0.1) is 11.3 Å². The third-order valence-electron chi connectivity index (χ3n) is 4.43. The van der Waals surface area contributed by atoms with Gasteiger partial charge in [-0.2, -0.15) is 13.2 Å². The first-order valence-corrected chi connectivity index (χ1v) is 11.3. The molecule has 0 bridgehead atoms. The second-order valence-electron chi connectivity index (χ2n) is 10.1. The molecule has 2 aromatic rings. The van der Waals surface area contributed by atoms with E-state index in [1.54, 1.807) is 27.7 Å². The van der Waals surface area contributed by atoms with E-state index in [0.29, 0.717) is 10.4 Å².